The number of hydrogen-bond acceptors (Lipinski definition) is 2. The van der Waals surface area contributed by atoms with Gasteiger partial charge in [-0.15, -0.1) is 0 Å². The number of aryl methyl sites for hydroxylation is 1. The molecule has 0 spiro atoms. The first-order valence-corrected chi connectivity index (χ1v) is 11.5. The summed E-state index contributed by atoms with van der Waals surface area (Å²) in [6.07, 6.45) is 11.4. The molecule has 1 saturated heterocycles. The number of allylic oxidation sites excluding steroid dienone is 4. The molecule has 2 amide bonds. The van der Waals surface area contributed by atoms with Gasteiger partial charge in [-0.3, -0.25) is 9.59 Å². The van der Waals surface area contributed by atoms with Crippen LogP contribution < -0.4 is 4.90 Å². The molecule has 0 N–H and O–H groups in total. The summed E-state index contributed by atoms with van der Waals surface area (Å²) in [6.45, 7) is 2.01. The second-order valence-corrected chi connectivity index (χ2v) is 10.6. The number of hydrogen-bond donors (Lipinski definition) is 0. The van der Waals surface area contributed by atoms with Gasteiger partial charge < -0.3 is 0 Å². The van der Waals surface area contributed by atoms with Crippen LogP contribution in [-0.4, -0.2) is 11.8 Å². The standard InChI is InChI=1S/C26H27NO2/c1-13-3-2-4-18(7-13)27-25(28)23-19-5-6-20(24(23)26(27)29)22(19)21-16-9-14-8-15(11-16)12-17(21)10-14/h2-7,14-17,19-20,23-24H,8-12H2,1H3/t14?,15?,16?,17?,19-,20-,23+,24+/m1/s1. The van der Waals surface area contributed by atoms with E-state index in [0.29, 0.717) is 0 Å². The Morgan fingerprint density at radius 1 is 0.793 bits per heavy atom. The molecule has 1 aromatic carbocycles. The number of rotatable bonds is 1. The second kappa shape index (κ2) is 5.50. The highest BCUT2D eigenvalue weighted by Crippen LogP contribution is 2.63. The molecule has 0 unspecified atom stereocenters. The van der Waals surface area contributed by atoms with Gasteiger partial charge >= 0.3 is 0 Å². The second-order valence-electron chi connectivity index (χ2n) is 10.6. The fourth-order valence-electron chi connectivity index (χ4n) is 8.33. The Hall–Kier alpha value is -2.16. The van der Waals surface area contributed by atoms with Crippen LogP contribution in [0.4, 0.5) is 5.69 Å². The largest absolute Gasteiger partial charge is 0.274 e. The molecule has 1 heterocycles. The maximum atomic E-state index is 13.5. The van der Waals surface area contributed by atoms with Crippen molar-refractivity contribution in [2.75, 3.05) is 4.90 Å². The summed E-state index contributed by atoms with van der Waals surface area (Å²) >= 11 is 0. The highest BCUT2D eigenvalue weighted by atomic mass is 16.2. The third-order valence-corrected chi connectivity index (χ3v) is 9.03. The highest BCUT2D eigenvalue weighted by Gasteiger charge is 2.63. The molecule has 7 aliphatic rings. The zero-order valence-corrected chi connectivity index (χ0v) is 16.9. The Morgan fingerprint density at radius 3 is 1.93 bits per heavy atom. The van der Waals surface area contributed by atoms with Crippen molar-refractivity contribution in [2.45, 2.75) is 39.0 Å². The Morgan fingerprint density at radius 2 is 1.38 bits per heavy atom. The lowest BCUT2D eigenvalue weighted by atomic mass is 9.53. The molecule has 6 aliphatic carbocycles. The van der Waals surface area contributed by atoms with Crippen LogP contribution in [0.15, 0.2) is 47.6 Å². The van der Waals surface area contributed by atoms with E-state index in [1.807, 2.05) is 31.2 Å². The third kappa shape index (κ3) is 2.04. The first kappa shape index (κ1) is 16.6. The summed E-state index contributed by atoms with van der Waals surface area (Å²) in [6, 6.07) is 7.81. The molecular weight excluding hydrogens is 358 g/mol. The minimum absolute atomic E-state index is 0.0318. The number of imide groups is 1. The molecule has 148 valence electrons. The van der Waals surface area contributed by atoms with Gasteiger partial charge in [0.2, 0.25) is 11.8 Å². The predicted octanol–water partition coefficient (Wildman–Crippen LogP) is 4.67. The van der Waals surface area contributed by atoms with Crippen LogP contribution in [0.2, 0.25) is 0 Å². The number of anilines is 1. The first-order chi connectivity index (χ1) is 14.1. The first-order valence-electron chi connectivity index (χ1n) is 11.5. The van der Waals surface area contributed by atoms with Gasteiger partial charge in [0.25, 0.3) is 0 Å². The smallest absolute Gasteiger partial charge is 0.238 e. The SMILES string of the molecule is Cc1cccc(N2C(=O)[C@@H]3[C@@H](C2=O)[C@@H]2C=C[C@@H]3C2=C2C3CC4CC(C3)CC2C4)c1. The lowest BCUT2D eigenvalue weighted by Crippen LogP contribution is -2.41. The predicted molar refractivity (Wildman–Crippen MR) is 111 cm³/mol. The lowest BCUT2D eigenvalue weighted by Gasteiger charge is -2.52. The lowest BCUT2D eigenvalue weighted by molar-refractivity contribution is -0.122. The van der Waals surface area contributed by atoms with Crippen LogP contribution in [0.3, 0.4) is 0 Å². The summed E-state index contributed by atoms with van der Waals surface area (Å²) in [4.78, 5) is 28.5. The fraction of sp³-hybridized carbons (Fsp3) is 0.538. The molecule has 6 fully saturated rings. The van der Waals surface area contributed by atoms with Crippen LogP contribution in [0.1, 0.15) is 37.7 Å². The number of nitrogens with zero attached hydrogens (tertiary/aromatic N) is 1. The number of amides is 2. The fourth-order valence-corrected chi connectivity index (χ4v) is 8.33. The van der Waals surface area contributed by atoms with Crippen LogP contribution in [0, 0.1) is 54.3 Å². The summed E-state index contributed by atoms with van der Waals surface area (Å²) < 4.78 is 0. The van der Waals surface area contributed by atoms with Crippen LogP contribution in [-0.2, 0) is 9.59 Å². The molecule has 4 atom stereocenters. The van der Waals surface area contributed by atoms with E-state index in [9.17, 15) is 9.59 Å². The minimum atomic E-state index is -0.169. The van der Waals surface area contributed by atoms with Crippen LogP contribution in [0.25, 0.3) is 0 Å². The summed E-state index contributed by atoms with van der Waals surface area (Å²) in [5.74, 6) is 3.42. The molecule has 3 heteroatoms. The normalized spacial score (nSPS) is 43.8. The molecule has 3 nitrogen and oxygen atoms in total. The topological polar surface area (TPSA) is 37.4 Å². The molecular formula is C26H27NO2. The van der Waals surface area contributed by atoms with E-state index >= 15 is 0 Å². The molecule has 6 bridgehead atoms. The average molecular weight is 386 g/mol. The number of fused-ring (bicyclic) bond motifs is 5. The van der Waals surface area contributed by atoms with Gasteiger partial charge in [0.1, 0.15) is 0 Å². The Balaban J connectivity index is 1.29. The maximum absolute atomic E-state index is 13.5. The Bertz CT molecular complexity index is 953. The maximum Gasteiger partial charge on any atom is 0.238 e. The van der Waals surface area contributed by atoms with Gasteiger partial charge in [-0.1, -0.05) is 35.4 Å². The number of carbonyl (C=O) groups is 2. The third-order valence-electron chi connectivity index (χ3n) is 9.03. The Kier molecular flexibility index (Phi) is 3.15. The molecule has 1 aliphatic heterocycles. The quantitative estimate of drug-likeness (QED) is 0.520. The minimum Gasteiger partial charge on any atom is -0.274 e. The van der Waals surface area contributed by atoms with E-state index in [0.717, 1.165) is 34.9 Å². The van der Waals surface area contributed by atoms with E-state index in [-0.39, 0.29) is 35.5 Å². The van der Waals surface area contributed by atoms with Crippen molar-refractivity contribution in [1.82, 2.24) is 0 Å². The highest BCUT2D eigenvalue weighted by molar-refractivity contribution is 6.23. The van der Waals surface area contributed by atoms with E-state index in [4.69, 9.17) is 0 Å². The van der Waals surface area contributed by atoms with Gasteiger partial charge in [0, 0.05) is 11.8 Å². The monoisotopic (exact) mass is 385 g/mol. The van der Waals surface area contributed by atoms with E-state index in [2.05, 4.69) is 12.2 Å². The van der Waals surface area contributed by atoms with Crippen molar-refractivity contribution in [3.05, 3.63) is 53.1 Å². The van der Waals surface area contributed by atoms with E-state index in [1.165, 1.54) is 42.6 Å². The summed E-state index contributed by atoms with van der Waals surface area (Å²) in [5, 5.41) is 0. The van der Waals surface area contributed by atoms with Gasteiger partial charge in [0.05, 0.1) is 17.5 Å². The van der Waals surface area contributed by atoms with Crippen molar-refractivity contribution < 1.29 is 9.59 Å². The molecule has 0 aromatic heterocycles. The summed E-state index contributed by atoms with van der Waals surface area (Å²) in [7, 11) is 0. The molecule has 5 saturated carbocycles. The van der Waals surface area contributed by atoms with Crippen molar-refractivity contribution >= 4 is 17.5 Å². The number of benzene rings is 1. The molecule has 1 aromatic rings. The van der Waals surface area contributed by atoms with Gasteiger partial charge in [-0.25, -0.2) is 4.90 Å². The average Bonchev–Trinajstić information content (AvgIpc) is 3.31. The van der Waals surface area contributed by atoms with E-state index in [1.54, 1.807) is 5.57 Å². The zero-order valence-electron chi connectivity index (χ0n) is 16.9. The van der Waals surface area contributed by atoms with E-state index < -0.39 is 0 Å². The van der Waals surface area contributed by atoms with Gasteiger partial charge in [0.15, 0.2) is 0 Å². The van der Waals surface area contributed by atoms with Crippen molar-refractivity contribution in [2.24, 2.45) is 47.3 Å². The molecule has 0 radical (unpaired) electrons. The van der Waals surface area contributed by atoms with Crippen LogP contribution >= 0.6 is 0 Å². The van der Waals surface area contributed by atoms with Crippen LogP contribution in [0.5, 0.6) is 0 Å². The number of carbonyl (C=O) groups excluding carboxylic acids is 2. The Labute approximate surface area is 171 Å². The van der Waals surface area contributed by atoms with Crippen molar-refractivity contribution in [3.8, 4) is 0 Å². The van der Waals surface area contributed by atoms with Gasteiger partial charge in [-0.2, -0.15) is 0 Å². The zero-order chi connectivity index (χ0) is 19.4. The summed E-state index contributed by atoms with van der Waals surface area (Å²) in [5.41, 5.74) is 5.05. The molecule has 8 rings (SSSR count). The molecule has 29 heavy (non-hydrogen) atoms. The van der Waals surface area contributed by atoms with Crippen molar-refractivity contribution in [3.63, 3.8) is 0 Å². The van der Waals surface area contributed by atoms with Crippen molar-refractivity contribution in [1.29, 1.82) is 0 Å². The van der Waals surface area contributed by atoms with Gasteiger partial charge in [-0.05, 0) is 80.4 Å².